The number of imidazole rings is 1. The highest BCUT2D eigenvalue weighted by molar-refractivity contribution is 5.96. The van der Waals surface area contributed by atoms with E-state index >= 15 is 8.78 Å². The quantitative estimate of drug-likeness (QED) is 0.350. The number of alkyl carbamates (subject to hydrolysis) is 1. The number of amides is 2. The summed E-state index contributed by atoms with van der Waals surface area (Å²) >= 11 is 0. The summed E-state index contributed by atoms with van der Waals surface area (Å²) in [5, 5.41) is 4.62. The van der Waals surface area contributed by atoms with E-state index in [9.17, 15) is 18.4 Å². The number of nitrogens with zero attached hydrogens (tertiary/aromatic N) is 2. The van der Waals surface area contributed by atoms with Crippen LogP contribution in [0.5, 0.6) is 5.75 Å². The van der Waals surface area contributed by atoms with Crippen LogP contribution in [0.1, 0.15) is 48.1 Å². The summed E-state index contributed by atoms with van der Waals surface area (Å²) in [6.45, 7) is 7.33. The third kappa shape index (κ3) is 6.53. The number of halogens is 4. The number of carbonyl (C=O) groups excluding carboxylic acids is 2. The normalized spacial score (nSPS) is 16.3. The summed E-state index contributed by atoms with van der Waals surface area (Å²) in [5.41, 5.74) is -0.756. The molecule has 0 spiro atoms. The van der Waals surface area contributed by atoms with Crippen molar-refractivity contribution in [3.05, 3.63) is 88.5 Å². The lowest BCUT2D eigenvalue weighted by molar-refractivity contribution is -0.0107. The molecule has 218 valence electrons. The van der Waals surface area contributed by atoms with Gasteiger partial charge >= 0.3 is 6.09 Å². The summed E-state index contributed by atoms with van der Waals surface area (Å²) in [5.74, 6) is -7.23. The molecule has 1 aromatic carbocycles. The van der Waals surface area contributed by atoms with Gasteiger partial charge in [0.25, 0.3) is 11.8 Å². The van der Waals surface area contributed by atoms with Crippen LogP contribution in [0.2, 0.25) is 0 Å². The van der Waals surface area contributed by atoms with Crippen molar-refractivity contribution in [1.29, 1.82) is 0 Å². The molecule has 0 saturated carbocycles. The number of carbonyl (C=O) groups is 2. The van der Waals surface area contributed by atoms with Gasteiger partial charge in [-0.05, 0) is 64.5 Å². The van der Waals surface area contributed by atoms with Crippen LogP contribution in [0.4, 0.5) is 22.4 Å². The van der Waals surface area contributed by atoms with Gasteiger partial charge in [0.15, 0.2) is 11.4 Å². The lowest BCUT2D eigenvalue weighted by Gasteiger charge is -2.30. The summed E-state index contributed by atoms with van der Waals surface area (Å²) in [6.07, 6.45) is 4.42. The molecule has 1 atom stereocenters. The molecule has 2 heterocycles. The van der Waals surface area contributed by atoms with Gasteiger partial charge < -0.3 is 20.1 Å². The Hall–Kier alpha value is -4.35. The third-order valence-electron chi connectivity index (χ3n) is 6.19. The van der Waals surface area contributed by atoms with E-state index in [1.165, 1.54) is 29.5 Å². The second-order valence-corrected chi connectivity index (χ2v) is 10.6. The van der Waals surface area contributed by atoms with Gasteiger partial charge in [0.05, 0.1) is 22.9 Å². The Morgan fingerprint density at radius 2 is 1.83 bits per heavy atom. The zero-order chi connectivity index (χ0) is 30.1. The monoisotopic (exact) mass is 574 g/mol. The fraction of sp³-hybridized carbons (Fsp3) is 0.345. The van der Waals surface area contributed by atoms with Crippen LogP contribution in [-0.4, -0.2) is 39.5 Å². The minimum Gasteiger partial charge on any atom is -0.485 e. The van der Waals surface area contributed by atoms with E-state index in [1.54, 1.807) is 40.0 Å². The lowest BCUT2D eigenvalue weighted by atomic mass is 9.93. The smallest absolute Gasteiger partial charge is 0.407 e. The molecule has 1 aliphatic carbocycles. The molecule has 0 bridgehead atoms. The van der Waals surface area contributed by atoms with Crippen LogP contribution in [0.3, 0.4) is 0 Å². The van der Waals surface area contributed by atoms with Gasteiger partial charge in [0.1, 0.15) is 29.5 Å². The van der Waals surface area contributed by atoms with Crippen LogP contribution >= 0.6 is 0 Å². The van der Waals surface area contributed by atoms with Crippen molar-refractivity contribution >= 4 is 17.6 Å². The average Bonchev–Trinajstić information content (AvgIpc) is 3.18. The van der Waals surface area contributed by atoms with Crippen molar-refractivity contribution in [2.75, 3.05) is 6.54 Å². The van der Waals surface area contributed by atoms with Gasteiger partial charge in [0, 0.05) is 12.7 Å². The average molecular weight is 575 g/mol. The van der Waals surface area contributed by atoms with Gasteiger partial charge in [-0.1, -0.05) is 18.2 Å². The number of fused-ring (bicyclic) bond motifs is 1. The maximum Gasteiger partial charge on any atom is 0.407 e. The minimum atomic E-state index is -3.53. The number of aromatic nitrogens is 2. The van der Waals surface area contributed by atoms with Gasteiger partial charge in [-0.15, -0.1) is 0 Å². The zero-order valence-corrected chi connectivity index (χ0v) is 23.1. The second-order valence-electron chi connectivity index (χ2n) is 10.6. The van der Waals surface area contributed by atoms with E-state index in [2.05, 4.69) is 15.6 Å². The molecule has 4 rings (SSSR count). The number of nitrogens with one attached hydrogen (secondary N) is 2. The second kappa shape index (κ2) is 11.3. The van der Waals surface area contributed by atoms with Crippen LogP contribution < -0.4 is 15.4 Å². The van der Waals surface area contributed by atoms with Crippen LogP contribution in [0.15, 0.2) is 54.4 Å². The largest absolute Gasteiger partial charge is 0.485 e. The Morgan fingerprint density at radius 1 is 1.15 bits per heavy atom. The molecule has 1 unspecified atom stereocenters. The fourth-order valence-corrected chi connectivity index (χ4v) is 4.29. The molecule has 41 heavy (non-hydrogen) atoms. The van der Waals surface area contributed by atoms with Crippen LogP contribution in [0.25, 0.3) is 5.65 Å². The van der Waals surface area contributed by atoms with E-state index in [1.807, 2.05) is 0 Å². The molecule has 0 aliphatic heterocycles. The number of aryl methyl sites for hydroxylation is 2. The molecule has 2 aromatic heterocycles. The number of hydrogen-bond acceptors (Lipinski definition) is 5. The standard InChI is InChI=1S/C29H30F4N4O4/c1-16-12-22(40-15-19-20(30)9-7-10-21(19)31)25-35-17(2)24(37(25)14-16)26(38)36-23-11-6-8-18(29(23,32)33)13-34-27(39)41-28(3,4)5/h6-12,14,18H,13,15H2,1-5H3,(H,34,39)(H,36,38). The van der Waals surface area contributed by atoms with Gasteiger partial charge in [-0.25, -0.2) is 18.6 Å². The molecule has 0 radical (unpaired) electrons. The summed E-state index contributed by atoms with van der Waals surface area (Å²) in [6, 6.07) is 5.05. The Balaban J connectivity index is 1.54. The predicted molar refractivity (Wildman–Crippen MR) is 143 cm³/mol. The van der Waals surface area contributed by atoms with Gasteiger partial charge in [0.2, 0.25) is 0 Å². The molecule has 1 aliphatic rings. The number of allylic oxidation sites excluding steroid dienone is 3. The fourth-order valence-electron chi connectivity index (χ4n) is 4.29. The van der Waals surface area contributed by atoms with Crippen molar-refractivity contribution < 1.29 is 36.6 Å². The van der Waals surface area contributed by atoms with Gasteiger partial charge in [-0.3, -0.25) is 9.20 Å². The first kappa shape index (κ1) is 29.6. The summed E-state index contributed by atoms with van der Waals surface area (Å²) < 4.78 is 71.1. The number of benzene rings is 1. The van der Waals surface area contributed by atoms with Crippen molar-refractivity contribution in [2.45, 2.75) is 52.7 Å². The molecule has 12 heteroatoms. The molecular formula is C29H30F4N4O4. The highest BCUT2D eigenvalue weighted by atomic mass is 19.3. The zero-order valence-electron chi connectivity index (χ0n) is 23.1. The number of pyridine rings is 1. The summed E-state index contributed by atoms with van der Waals surface area (Å²) in [7, 11) is 0. The first-order valence-corrected chi connectivity index (χ1v) is 12.8. The molecule has 3 aromatic rings. The number of ether oxygens (including phenoxy) is 2. The molecular weight excluding hydrogens is 544 g/mol. The van der Waals surface area contributed by atoms with E-state index < -0.39 is 59.9 Å². The lowest BCUT2D eigenvalue weighted by Crippen LogP contribution is -2.45. The Morgan fingerprint density at radius 3 is 2.49 bits per heavy atom. The number of hydrogen-bond donors (Lipinski definition) is 2. The number of rotatable bonds is 7. The maximum atomic E-state index is 15.4. The highest BCUT2D eigenvalue weighted by Gasteiger charge is 2.44. The molecule has 0 saturated heterocycles. The summed E-state index contributed by atoms with van der Waals surface area (Å²) in [4.78, 5) is 29.6. The first-order valence-electron chi connectivity index (χ1n) is 12.8. The highest BCUT2D eigenvalue weighted by Crippen LogP contribution is 2.35. The third-order valence-corrected chi connectivity index (χ3v) is 6.19. The van der Waals surface area contributed by atoms with Gasteiger partial charge in [-0.2, -0.15) is 8.78 Å². The predicted octanol–water partition coefficient (Wildman–Crippen LogP) is 5.77. The van der Waals surface area contributed by atoms with E-state index in [0.29, 0.717) is 5.56 Å². The molecule has 2 amide bonds. The molecule has 8 nitrogen and oxygen atoms in total. The molecule has 0 fully saturated rings. The van der Waals surface area contributed by atoms with Crippen LogP contribution in [0, 0.1) is 31.4 Å². The SMILES string of the molecule is Cc1cc(OCc2c(F)cccc2F)c2nc(C)c(C(=O)NC3=CC=CC(CNC(=O)OC(C)(C)C)C3(F)F)n2c1. The minimum absolute atomic E-state index is 0.0275. The number of alkyl halides is 2. The Labute approximate surface area is 234 Å². The van der Waals surface area contributed by atoms with Crippen molar-refractivity contribution in [3.8, 4) is 5.75 Å². The van der Waals surface area contributed by atoms with Crippen LogP contribution in [-0.2, 0) is 11.3 Å². The van der Waals surface area contributed by atoms with Crippen molar-refractivity contribution in [2.24, 2.45) is 5.92 Å². The Bertz CT molecular complexity index is 1540. The molecule has 2 N–H and O–H groups in total. The van der Waals surface area contributed by atoms with Crippen molar-refractivity contribution in [3.63, 3.8) is 0 Å². The van der Waals surface area contributed by atoms with E-state index in [-0.39, 0.29) is 28.3 Å². The Kier molecular flexibility index (Phi) is 8.14. The van der Waals surface area contributed by atoms with E-state index in [4.69, 9.17) is 9.47 Å². The maximum absolute atomic E-state index is 15.4. The van der Waals surface area contributed by atoms with E-state index in [0.717, 1.165) is 18.2 Å². The topological polar surface area (TPSA) is 94.0 Å². The van der Waals surface area contributed by atoms with Crippen molar-refractivity contribution in [1.82, 2.24) is 20.0 Å². The first-order chi connectivity index (χ1) is 19.2.